The van der Waals surface area contributed by atoms with Crippen molar-refractivity contribution in [3.05, 3.63) is 64.7 Å². The average Bonchev–Trinajstić information content (AvgIpc) is 3.28. The van der Waals surface area contributed by atoms with Crippen molar-refractivity contribution in [1.29, 1.82) is 0 Å². The fourth-order valence-corrected chi connectivity index (χ4v) is 3.49. The van der Waals surface area contributed by atoms with Gasteiger partial charge in [-0.1, -0.05) is 6.07 Å². The van der Waals surface area contributed by atoms with Gasteiger partial charge in [-0.05, 0) is 69.0 Å². The smallest absolute Gasteiger partial charge is 0.309 e. The normalized spacial score (nSPS) is 14.9. The minimum atomic E-state index is -0.365. The van der Waals surface area contributed by atoms with Gasteiger partial charge >= 0.3 is 5.97 Å². The van der Waals surface area contributed by atoms with Gasteiger partial charge in [0.15, 0.2) is 0 Å². The summed E-state index contributed by atoms with van der Waals surface area (Å²) in [5.41, 5.74) is 2.69. The molecule has 1 aromatic heterocycles. The lowest BCUT2D eigenvalue weighted by Crippen LogP contribution is -2.44. The second-order valence-electron chi connectivity index (χ2n) is 7.65. The zero-order valence-electron chi connectivity index (χ0n) is 18.1. The summed E-state index contributed by atoms with van der Waals surface area (Å²) in [4.78, 5) is 39.6. The Labute approximate surface area is 182 Å². The summed E-state index contributed by atoms with van der Waals surface area (Å²) in [6.45, 7) is 6.86. The standard InChI is InChI=1S/C24H28N2O5/c1-4-30-24(29)18-9-11-26(12-10-18)23(28)21(15-20-6-5-13-31-20)25-22(27)19-8-7-16(2)17(3)14-19/h5-8,13-15,18H,4,9-12H2,1-3H3,(H,25,27)/b21-15-. The fourth-order valence-electron chi connectivity index (χ4n) is 3.49. The van der Waals surface area contributed by atoms with Gasteiger partial charge in [-0.3, -0.25) is 14.4 Å². The lowest BCUT2D eigenvalue weighted by molar-refractivity contribution is -0.150. The summed E-state index contributed by atoms with van der Waals surface area (Å²) < 4.78 is 10.4. The third-order valence-corrected chi connectivity index (χ3v) is 5.48. The second-order valence-corrected chi connectivity index (χ2v) is 7.65. The Kier molecular flexibility index (Phi) is 7.28. The van der Waals surface area contributed by atoms with Crippen LogP contribution in [-0.4, -0.2) is 42.4 Å². The summed E-state index contributed by atoms with van der Waals surface area (Å²) in [6, 6.07) is 8.83. The van der Waals surface area contributed by atoms with Gasteiger partial charge in [-0.2, -0.15) is 0 Å². The predicted octanol–water partition coefficient (Wildman–Crippen LogP) is 3.47. The number of esters is 1. The maximum Gasteiger partial charge on any atom is 0.309 e. The quantitative estimate of drug-likeness (QED) is 0.567. The molecule has 3 rings (SSSR count). The Balaban J connectivity index is 1.75. The van der Waals surface area contributed by atoms with Gasteiger partial charge in [0.25, 0.3) is 11.8 Å². The molecule has 164 valence electrons. The molecule has 1 aromatic carbocycles. The van der Waals surface area contributed by atoms with Crippen LogP contribution in [0.25, 0.3) is 6.08 Å². The van der Waals surface area contributed by atoms with E-state index in [2.05, 4.69) is 5.32 Å². The van der Waals surface area contributed by atoms with E-state index >= 15 is 0 Å². The van der Waals surface area contributed by atoms with Crippen LogP contribution in [0.2, 0.25) is 0 Å². The number of nitrogens with one attached hydrogen (secondary N) is 1. The number of rotatable bonds is 6. The number of ether oxygens (including phenoxy) is 1. The van der Waals surface area contributed by atoms with E-state index in [4.69, 9.17) is 9.15 Å². The molecule has 7 nitrogen and oxygen atoms in total. The van der Waals surface area contributed by atoms with Crippen molar-refractivity contribution in [2.24, 2.45) is 5.92 Å². The molecule has 1 aliphatic heterocycles. The molecule has 1 N–H and O–H groups in total. The zero-order valence-corrected chi connectivity index (χ0v) is 18.1. The third-order valence-electron chi connectivity index (χ3n) is 5.48. The molecule has 0 saturated carbocycles. The van der Waals surface area contributed by atoms with Crippen molar-refractivity contribution in [1.82, 2.24) is 10.2 Å². The number of amides is 2. The molecule has 0 unspecified atom stereocenters. The molecule has 31 heavy (non-hydrogen) atoms. The van der Waals surface area contributed by atoms with Gasteiger partial charge in [-0.25, -0.2) is 0 Å². The molecular weight excluding hydrogens is 396 g/mol. The first-order valence-electron chi connectivity index (χ1n) is 10.5. The topological polar surface area (TPSA) is 88.8 Å². The zero-order chi connectivity index (χ0) is 22.4. The maximum atomic E-state index is 13.2. The van der Waals surface area contributed by atoms with Crippen molar-refractivity contribution in [3.8, 4) is 0 Å². The Morgan fingerprint density at radius 3 is 2.52 bits per heavy atom. The molecule has 2 heterocycles. The van der Waals surface area contributed by atoms with E-state index in [1.807, 2.05) is 19.9 Å². The highest BCUT2D eigenvalue weighted by Gasteiger charge is 2.30. The molecule has 2 aromatic rings. The Hall–Kier alpha value is -3.35. The molecule has 1 aliphatic rings. The Morgan fingerprint density at radius 2 is 1.90 bits per heavy atom. The summed E-state index contributed by atoms with van der Waals surface area (Å²) >= 11 is 0. The number of aryl methyl sites for hydroxylation is 2. The van der Waals surface area contributed by atoms with E-state index < -0.39 is 0 Å². The Bertz CT molecular complexity index is 970. The van der Waals surface area contributed by atoms with E-state index in [0.717, 1.165) is 11.1 Å². The van der Waals surface area contributed by atoms with Crippen LogP contribution in [0.5, 0.6) is 0 Å². The molecule has 7 heteroatoms. The van der Waals surface area contributed by atoms with Crippen LogP contribution in [0.1, 0.15) is 47.0 Å². The first-order chi connectivity index (χ1) is 14.9. The minimum absolute atomic E-state index is 0.132. The number of carbonyl (C=O) groups is 3. The molecule has 0 aliphatic carbocycles. The van der Waals surface area contributed by atoms with Crippen LogP contribution in [-0.2, 0) is 14.3 Å². The van der Waals surface area contributed by atoms with Gasteiger partial charge < -0.3 is 19.4 Å². The molecule has 2 amide bonds. The van der Waals surface area contributed by atoms with E-state index in [1.54, 1.807) is 36.1 Å². The summed E-state index contributed by atoms with van der Waals surface area (Å²) in [6.07, 6.45) is 4.09. The molecule has 0 radical (unpaired) electrons. The molecule has 1 fully saturated rings. The number of piperidine rings is 1. The van der Waals surface area contributed by atoms with Crippen molar-refractivity contribution in [2.75, 3.05) is 19.7 Å². The number of hydrogen-bond acceptors (Lipinski definition) is 5. The van der Waals surface area contributed by atoms with Gasteiger partial charge in [-0.15, -0.1) is 0 Å². The SMILES string of the molecule is CCOC(=O)C1CCN(C(=O)/C(=C/c2ccco2)NC(=O)c2ccc(C)c(C)c2)CC1. The molecular formula is C24H28N2O5. The Morgan fingerprint density at radius 1 is 1.16 bits per heavy atom. The number of nitrogens with zero attached hydrogens (tertiary/aromatic N) is 1. The lowest BCUT2D eigenvalue weighted by atomic mass is 9.97. The molecule has 0 spiro atoms. The van der Waals surface area contributed by atoms with Crippen molar-refractivity contribution >= 4 is 23.9 Å². The van der Waals surface area contributed by atoms with Gasteiger partial charge in [0.1, 0.15) is 11.5 Å². The van der Waals surface area contributed by atoms with E-state index in [0.29, 0.717) is 43.9 Å². The molecule has 1 saturated heterocycles. The van der Waals surface area contributed by atoms with Gasteiger partial charge in [0.05, 0.1) is 18.8 Å². The van der Waals surface area contributed by atoms with E-state index in [-0.39, 0.29) is 29.4 Å². The third kappa shape index (κ3) is 5.63. The number of hydrogen-bond donors (Lipinski definition) is 1. The van der Waals surface area contributed by atoms with Crippen LogP contribution in [0.3, 0.4) is 0 Å². The van der Waals surface area contributed by atoms with Crippen molar-refractivity contribution in [3.63, 3.8) is 0 Å². The van der Waals surface area contributed by atoms with Crippen LogP contribution in [0, 0.1) is 19.8 Å². The first kappa shape index (κ1) is 22.3. The predicted molar refractivity (Wildman–Crippen MR) is 116 cm³/mol. The maximum absolute atomic E-state index is 13.2. The number of furan rings is 1. The number of likely N-dealkylation sites (tertiary alicyclic amines) is 1. The summed E-state index contributed by atoms with van der Waals surface area (Å²) in [5.74, 6) is -0.632. The van der Waals surface area contributed by atoms with Crippen LogP contribution in [0.4, 0.5) is 0 Å². The number of benzene rings is 1. The highest BCUT2D eigenvalue weighted by Crippen LogP contribution is 2.21. The highest BCUT2D eigenvalue weighted by molar-refractivity contribution is 6.05. The van der Waals surface area contributed by atoms with Gasteiger partial charge in [0, 0.05) is 24.7 Å². The monoisotopic (exact) mass is 424 g/mol. The first-order valence-corrected chi connectivity index (χ1v) is 10.5. The van der Waals surface area contributed by atoms with Crippen LogP contribution >= 0.6 is 0 Å². The van der Waals surface area contributed by atoms with Crippen LogP contribution in [0.15, 0.2) is 46.7 Å². The highest BCUT2D eigenvalue weighted by atomic mass is 16.5. The second kappa shape index (κ2) is 10.1. The molecule has 0 atom stereocenters. The fraction of sp³-hybridized carbons (Fsp3) is 0.375. The van der Waals surface area contributed by atoms with Crippen LogP contribution < -0.4 is 5.32 Å². The summed E-state index contributed by atoms with van der Waals surface area (Å²) in [5, 5.41) is 2.75. The summed E-state index contributed by atoms with van der Waals surface area (Å²) in [7, 11) is 0. The van der Waals surface area contributed by atoms with E-state index in [9.17, 15) is 14.4 Å². The molecule has 0 bridgehead atoms. The average molecular weight is 424 g/mol. The van der Waals surface area contributed by atoms with E-state index in [1.165, 1.54) is 12.3 Å². The number of carbonyl (C=O) groups excluding carboxylic acids is 3. The van der Waals surface area contributed by atoms with Crippen molar-refractivity contribution < 1.29 is 23.5 Å². The minimum Gasteiger partial charge on any atom is -0.466 e. The lowest BCUT2D eigenvalue weighted by Gasteiger charge is -2.31. The van der Waals surface area contributed by atoms with Gasteiger partial charge in [0.2, 0.25) is 0 Å². The van der Waals surface area contributed by atoms with Crippen molar-refractivity contribution in [2.45, 2.75) is 33.6 Å². The largest absolute Gasteiger partial charge is 0.466 e.